The molecule has 0 radical (unpaired) electrons. The molecule has 1 heterocycles. The summed E-state index contributed by atoms with van der Waals surface area (Å²) in [4.78, 5) is 32.1. The van der Waals surface area contributed by atoms with Gasteiger partial charge in [0.15, 0.2) is 0 Å². The number of benzene rings is 3. The molecule has 1 N–H and O–H groups in total. The van der Waals surface area contributed by atoms with Gasteiger partial charge in [-0.3, -0.25) is 9.69 Å². The van der Waals surface area contributed by atoms with Crippen molar-refractivity contribution in [2.24, 2.45) is 4.99 Å². The zero-order valence-electron chi connectivity index (χ0n) is 24.5. The number of amidine groups is 1. The van der Waals surface area contributed by atoms with E-state index in [0.717, 1.165) is 40.9 Å². The highest BCUT2D eigenvalue weighted by Gasteiger charge is 2.31. The summed E-state index contributed by atoms with van der Waals surface area (Å²) < 4.78 is 33.2. The third-order valence-corrected chi connectivity index (χ3v) is 8.51. The smallest absolute Gasteiger partial charge is 0.421 e. The highest BCUT2D eigenvalue weighted by Crippen LogP contribution is 2.31. The first kappa shape index (κ1) is 30.7. The lowest BCUT2D eigenvalue weighted by Gasteiger charge is -2.20. The molecule has 8 nitrogen and oxygen atoms in total. The summed E-state index contributed by atoms with van der Waals surface area (Å²) in [6, 6.07) is 21.9. The summed E-state index contributed by atoms with van der Waals surface area (Å²) in [7, 11) is -4.17. The van der Waals surface area contributed by atoms with E-state index in [4.69, 9.17) is 9.73 Å². The summed E-state index contributed by atoms with van der Waals surface area (Å²) in [5.74, 6) is 0.612. The molecule has 2 amide bonds. The van der Waals surface area contributed by atoms with Crippen LogP contribution in [0.4, 0.5) is 4.79 Å². The van der Waals surface area contributed by atoms with Crippen molar-refractivity contribution in [3.05, 3.63) is 95.2 Å². The van der Waals surface area contributed by atoms with E-state index in [-0.39, 0.29) is 17.4 Å². The fourth-order valence-corrected chi connectivity index (χ4v) is 5.90. The first-order chi connectivity index (χ1) is 20.2. The van der Waals surface area contributed by atoms with E-state index in [0.29, 0.717) is 36.2 Å². The Labute approximate surface area is 248 Å². The van der Waals surface area contributed by atoms with Crippen molar-refractivity contribution in [1.29, 1.82) is 0 Å². The number of nitrogens with one attached hydrogen (secondary N) is 1. The third-order valence-electron chi connectivity index (χ3n) is 7.14. The van der Waals surface area contributed by atoms with Gasteiger partial charge < -0.3 is 4.74 Å². The van der Waals surface area contributed by atoms with E-state index in [1.165, 1.54) is 6.07 Å². The zero-order valence-corrected chi connectivity index (χ0v) is 25.3. The van der Waals surface area contributed by atoms with Crippen LogP contribution < -0.4 is 4.72 Å². The number of amides is 2. The maximum atomic E-state index is 13.6. The fourth-order valence-electron chi connectivity index (χ4n) is 4.78. The molecule has 0 saturated heterocycles. The predicted molar refractivity (Wildman–Crippen MR) is 165 cm³/mol. The molecule has 4 rings (SSSR count). The normalized spacial score (nSPS) is 14.5. The van der Waals surface area contributed by atoms with Gasteiger partial charge in [-0.25, -0.2) is 22.9 Å². The molecule has 0 unspecified atom stereocenters. The van der Waals surface area contributed by atoms with Crippen molar-refractivity contribution in [2.45, 2.75) is 64.8 Å². The minimum Gasteiger partial charge on any atom is -0.449 e. The van der Waals surface area contributed by atoms with Gasteiger partial charge in [-0.15, -0.1) is 0 Å². The van der Waals surface area contributed by atoms with Crippen molar-refractivity contribution >= 4 is 33.4 Å². The Morgan fingerprint density at radius 2 is 1.69 bits per heavy atom. The van der Waals surface area contributed by atoms with Gasteiger partial charge in [0, 0.05) is 12.0 Å². The lowest BCUT2D eigenvalue weighted by molar-refractivity contribution is -0.123. The topological polar surface area (TPSA) is 105 Å². The van der Waals surface area contributed by atoms with Crippen LogP contribution in [0.3, 0.4) is 0 Å². The molecule has 0 aromatic heterocycles. The number of sulfonamides is 1. The number of hydrogen-bond donors (Lipinski definition) is 1. The van der Waals surface area contributed by atoms with E-state index < -0.39 is 16.1 Å². The SMILES string of the molecule is CCCCOC(=O)NS(=O)(=O)c1ccccc1-c1ccc(CN2C(=O)C(=C(C)c3ccccc3)N=C2CCC)c(C)c1. The van der Waals surface area contributed by atoms with Crippen LogP contribution >= 0.6 is 0 Å². The summed E-state index contributed by atoms with van der Waals surface area (Å²) in [5.41, 5.74) is 5.20. The molecule has 0 saturated carbocycles. The first-order valence-electron chi connectivity index (χ1n) is 14.2. The number of unbranched alkanes of at least 4 members (excludes halogenated alkanes) is 1. The molecule has 0 atom stereocenters. The van der Waals surface area contributed by atoms with Crippen LogP contribution in [0, 0.1) is 6.92 Å². The van der Waals surface area contributed by atoms with E-state index >= 15 is 0 Å². The number of carbonyl (C=O) groups excluding carboxylic acids is 2. The second kappa shape index (κ2) is 13.6. The van der Waals surface area contributed by atoms with Gasteiger partial charge in [0.2, 0.25) is 0 Å². The lowest BCUT2D eigenvalue weighted by Crippen LogP contribution is -2.32. The molecular formula is C33H37N3O5S. The average molecular weight is 588 g/mol. The first-order valence-corrected chi connectivity index (χ1v) is 15.7. The minimum atomic E-state index is -4.17. The number of rotatable bonds is 11. The molecule has 3 aromatic carbocycles. The number of allylic oxidation sites excluding steroid dienone is 1. The van der Waals surface area contributed by atoms with Gasteiger partial charge in [0.1, 0.15) is 11.5 Å². The van der Waals surface area contributed by atoms with E-state index in [2.05, 4.69) is 6.92 Å². The molecule has 220 valence electrons. The Kier molecular flexibility index (Phi) is 9.96. The number of hydrogen-bond acceptors (Lipinski definition) is 6. The highest BCUT2D eigenvalue weighted by atomic mass is 32.2. The summed E-state index contributed by atoms with van der Waals surface area (Å²) in [5, 5.41) is 0. The standard InChI is InChI=1S/C33H37N3O5S/c1-5-7-20-41-33(38)35-42(39,40)29-17-12-11-16-28(29)26-18-19-27(23(3)21-26)22-36-30(13-6-2)34-31(32(36)37)24(4)25-14-9-8-10-15-25/h8-12,14-19,21H,5-7,13,20,22H2,1-4H3,(H,35,38). The maximum Gasteiger partial charge on any atom is 0.421 e. The highest BCUT2D eigenvalue weighted by molar-refractivity contribution is 7.90. The van der Waals surface area contributed by atoms with Crippen LogP contribution in [0.2, 0.25) is 0 Å². The molecule has 1 aliphatic rings. The molecule has 9 heteroatoms. The summed E-state index contributed by atoms with van der Waals surface area (Å²) in [6.07, 6.45) is 1.99. The number of aryl methyl sites for hydroxylation is 1. The van der Waals surface area contributed by atoms with Gasteiger partial charge in [0.25, 0.3) is 15.9 Å². The van der Waals surface area contributed by atoms with Crippen LogP contribution in [0.5, 0.6) is 0 Å². The molecular weight excluding hydrogens is 550 g/mol. The number of nitrogens with zero attached hydrogens (tertiary/aromatic N) is 2. The van der Waals surface area contributed by atoms with Crippen LogP contribution in [-0.4, -0.2) is 37.8 Å². The monoisotopic (exact) mass is 587 g/mol. The zero-order chi connectivity index (χ0) is 30.3. The minimum absolute atomic E-state index is 0.0251. The number of ether oxygens (including phenoxy) is 1. The van der Waals surface area contributed by atoms with Gasteiger partial charge in [0.05, 0.1) is 18.0 Å². The van der Waals surface area contributed by atoms with Crippen LogP contribution in [0.25, 0.3) is 16.7 Å². The number of aliphatic imine (C=N–C) groups is 1. The lowest BCUT2D eigenvalue weighted by atomic mass is 9.99. The molecule has 0 bridgehead atoms. The summed E-state index contributed by atoms with van der Waals surface area (Å²) in [6.45, 7) is 8.35. The Bertz CT molecular complexity index is 1630. The maximum absolute atomic E-state index is 13.6. The average Bonchev–Trinajstić information content (AvgIpc) is 3.28. The Balaban J connectivity index is 1.60. The largest absolute Gasteiger partial charge is 0.449 e. The van der Waals surface area contributed by atoms with Crippen LogP contribution in [-0.2, 0) is 26.1 Å². The van der Waals surface area contributed by atoms with Crippen LogP contribution in [0.15, 0.2) is 88.4 Å². The fraction of sp³-hybridized carbons (Fsp3) is 0.303. The molecule has 0 fully saturated rings. The van der Waals surface area contributed by atoms with Gasteiger partial charge >= 0.3 is 6.09 Å². The molecule has 0 spiro atoms. The molecule has 3 aromatic rings. The van der Waals surface area contributed by atoms with Gasteiger partial charge in [-0.1, -0.05) is 87.0 Å². The molecule has 0 aliphatic carbocycles. The van der Waals surface area contributed by atoms with Crippen molar-refractivity contribution in [2.75, 3.05) is 6.61 Å². The predicted octanol–water partition coefficient (Wildman–Crippen LogP) is 6.85. The van der Waals surface area contributed by atoms with Crippen LogP contribution in [0.1, 0.15) is 63.1 Å². The Morgan fingerprint density at radius 3 is 2.38 bits per heavy atom. The van der Waals surface area contributed by atoms with Gasteiger partial charge in [-0.05, 0) is 60.6 Å². The van der Waals surface area contributed by atoms with Crippen molar-refractivity contribution in [3.8, 4) is 11.1 Å². The number of carbonyl (C=O) groups is 2. The van der Waals surface area contributed by atoms with E-state index in [1.54, 1.807) is 23.1 Å². The van der Waals surface area contributed by atoms with Crippen molar-refractivity contribution in [3.63, 3.8) is 0 Å². The Morgan fingerprint density at radius 1 is 0.976 bits per heavy atom. The second-order valence-corrected chi connectivity index (χ2v) is 11.9. The third kappa shape index (κ3) is 6.97. The summed E-state index contributed by atoms with van der Waals surface area (Å²) >= 11 is 0. The van der Waals surface area contributed by atoms with E-state index in [1.807, 2.05) is 74.0 Å². The second-order valence-electron chi connectivity index (χ2n) is 10.2. The van der Waals surface area contributed by atoms with E-state index in [9.17, 15) is 18.0 Å². The molecule has 1 aliphatic heterocycles. The van der Waals surface area contributed by atoms with Crippen molar-refractivity contribution < 1.29 is 22.7 Å². The molecule has 42 heavy (non-hydrogen) atoms. The Hall–Kier alpha value is -4.24. The van der Waals surface area contributed by atoms with Gasteiger partial charge in [-0.2, -0.15) is 0 Å². The quantitative estimate of drug-likeness (QED) is 0.195. The van der Waals surface area contributed by atoms with Crippen molar-refractivity contribution in [1.82, 2.24) is 9.62 Å².